The molecular weight excluding hydrogens is 323 g/mol. The Balaban J connectivity index is 2.03. The van der Waals surface area contributed by atoms with Crippen LogP contribution in [-0.4, -0.2) is 30.6 Å². The van der Waals surface area contributed by atoms with Gasteiger partial charge < -0.3 is 4.74 Å². The van der Waals surface area contributed by atoms with Crippen molar-refractivity contribution in [2.24, 2.45) is 5.92 Å². The van der Waals surface area contributed by atoms with Crippen LogP contribution in [0.25, 0.3) is 0 Å². The number of hydrogen-bond acceptors (Lipinski definition) is 4. The van der Waals surface area contributed by atoms with E-state index in [0.717, 1.165) is 5.56 Å². The number of nitriles is 1. The number of ether oxygens (including phenoxy) is 1. The Labute approximate surface area is 140 Å². The fourth-order valence-electron chi connectivity index (χ4n) is 2.70. The molecule has 1 heterocycles. The van der Waals surface area contributed by atoms with Gasteiger partial charge in [-0.05, 0) is 37.5 Å². The number of nitrogens with zero attached hydrogens (tertiary/aromatic N) is 2. The minimum absolute atomic E-state index is 0.0654. The third kappa shape index (κ3) is 3.92. The van der Waals surface area contributed by atoms with Crippen LogP contribution < -0.4 is 0 Å². The van der Waals surface area contributed by atoms with Gasteiger partial charge in [-0.25, -0.2) is 0 Å². The van der Waals surface area contributed by atoms with Gasteiger partial charge in [0.25, 0.3) is 0 Å². The third-order valence-corrected chi connectivity index (χ3v) is 4.64. The molecule has 22 heavy (non-hydrogen) atoms. The minimum atomic E-state index is -0.377. The average Bonchev–Trinajstić information content (AvgIpc) is 2.52. The summed E-state index contributed by atoms with van der Waals surface area (Å²) in [4.78, 5) is 13.8. The molecule has 0 bridgehead atoms. The molecule has 1 aromatic rings. The Morgan fingerprint density at radius 2 is 2.09 bits per heavy atom. The van der Waals surface area contributed by atoms with Gasteiger partial charge in [-0.1, -0.05) is 29.3 Å². The summed E-state index contributed by atoms with van der Waals surface area (Å²) in [5, 5.41) is 10.4. The molecule has 6 heteroatoms. The number of esters is 1. The SMILES string of the molecule is CCOC(=O)C1CCN([C@H](C#N)c2ccc(Cl)c(Cl)c2)CC1. The number of likely N-dealkylation sites (tertiary alicyclic amines) is 1. The number of carbonyl (C=O) groups excluding carboxylic acids is 1. The van der Waals surface area contributed by atoms with Gasteiger partial charge in [-0.3, -0.25) is 9.69 Å². The van der Waals surface area contributed by atoms with Gasteiger partial charge in [0.2, 0.25) is 0 Å². The van der Waals surface area contributed by atoms with Crippen molar-refractivity contribution in [1.29, 1.82) is 5.26 Å². The van der Waals surface area contributed by atoms with E-state index in [2.05, 4.69) is 11.0 Å². The molecule has 0 saturated carbocycles. The first-order valence-electron chi connectivity index (χ1n) is 7.32. The van der Waals surface area contributed by atoms with Crippen LogP contribution in [0.15, 0.2) is 18.2 Å². The number of rotatable bonds is 4. The highest BCUT2D eigenvalue weighted by Crippen LogP contribution is 2.31. The summed E-state index contributed by atoms with van der Waals surface area (Å²) in [7, 11) is 0. The number of piperidine rings is 1. The number of carbonyl (C=O) groups is 1. The van der Waals surface area contributed by atoms with Crippen LogP contribution in [0.2, 0.25) is 10.0 Å². The maximum Gasteiger partial charge on any atom is 0.309 e. The van der Waals surface area contributed by atoms with E-state index in [9.17, 15) is 10.1 Å². The van der Waals surface area contributed by atoms with E-state index in [1.54, 1.807) is 12.1 Å². The van der Waals surface area contributed by atoms with Crippen LogP contribution in [-0.2, 0) is 9.53 Å². The summed E-state index contributed by atoms with van der Waals surface area (Å²) < 4.78 is 5.06. The van der Waals surface area contributed by atoms with E-state index in [4.69, 9.17) is 27.9 Å². The van der Waals surface area contributed by atoms with Crippen molar-refractivity contribution in [2.75, 3.05) is 19.7 Å². The fraction of sp³-hybridized carbons (Fsp3) is 0.500. The van der Waals surface area contributed by atoms with E-state index in [-0.39, 0.29) is 17.9 Å². The maximum absolute atomic E-state index is 11.8. The second-order valence-electron chi connectivity index (χ2n) is 5.27. The molecule has 1 aromatic carbocycles. The molecule has 4 nitrogen and oxygen atoms in total. The molecular formula is C16H18Cl2N2O2. The normalized spacial score (nSPS) is 17.7. The highest BCUT2D eigenvalue weighted by atomic mass is 35.5. The second kappa shape index (κ2) is 7.82. The second-order valence-corrected chi connectivity index (χ2v) is 6.08. The summed E-state index contributed by atoms with van der Waals surface area (Å²) in [6.07, 6.45) is 1.41. The molecule has 0 aromatic heterocycles. The van der Waals surface area contributed by atoms with E-state index in [0.29, 0.717) is 42.6 Å². The molecule has 1 atom stereocenters. The van der Waals surface area contributed by atoms with Crippen LogP contribution in [0.4, 0.5) is 0 Å². The van der Waals surface area contributed by atoms with Crippen molar-refractivity contribution in [1.82, 2.24) is 4.90 Å². The number of halogens is 2. The summed E-state index contributed by atoms with van der Waals surface area (Å²) in [5.74, 6) is -0.199. The molecule has 0 radical (unpaired) electrons. The smallest absolute Gasteiger partial charge is 0.309 e. The zero-order valence-electron chi connectivity index (χ0n) is 12.4. The molecule has 0 amide bonds. The van der Waals surface area contributed by atoms with Crippen molar-refractivity contribution < 1.29 is 9.53 Å². The fourth-order valence-corrected chi connectivity index (χ4v) is 3.01. The maximum atomic E-state index is 11.8. The molecule has 2 rings (SSSR count). The standard InChI is InChI=1S/C16H18Cl2N2O2/c1-2-22-16(21)11-5-7-20(8-6-11)15(10-19)12-3-4-13(17)14(18)9-12/h3-4,9,11,15H,2,5-8H2,1H3/t15-/m1/s1. The predicted molar refractivity (Wildman–Crippen MR) is 85.7 cm³/mol. The lowest BCUT2D eigenvalue weighted by Gasteiger charge is -2.33. The van der Waals surface area contributed by atoms with Crippen LogP contribution in [0.5, 0.6) is 0 Å². The van der Waals surface area contributed by atoms with E-state index < -0.39 is 0 Å². The van der Waals surface area contributed by atoms with Crippen LogP contribution in [0, 0.1) is 17.2 Å². The van der Waals surface area contributed by atoms with Gasteiger partial charge in [0.15, 0.2) is 0 Å². The van der Waals surface area contributed by atoms with Crippen molar-refractivity contribution >= 4 is 29.2 Å². The summed E-state index contributed by atoms with van der Waals surface area (Å²) in [5.41, 5.74) is 0.825. The third-order valence-electron chi connectivity index (χ3n) is 3.90. The molecule has 0 N–H and O–H groups in total. The van der Waals surface area contributed by atoms with Crippen LogP contribution >= 0.6 is 23.2 Å². The van der Waals surface area contributed by atoms with Crippen LogP contribution in [0.3, 0.4) is 0 Å². The van der Waals surface area contributed by atoms with Gasteiger partial charge in [0.1, 0.15) is 6.04 Å². The van der Waals surface area contributed by atoms with Gasteiger partial charge >= 0.3 is 5.97 Å². The molecule has 1 aliphatic heterocycles. The Bertz CT molecular complexity index is 578. The summed E-state index contributed by atoms with van der Waals surface area (Å²) >= 11 is 12.0. The Morgan fingerprint density at radius 3 is 2.64 bits per heavy atom. The Kier molecular flexibility index (Phi) is 6.07. The molecule has 0 spiro atoms. The van der Waals surface area contributed by atoms with Gasteiger partial charge in [-0.2, -0.15) is 5.26 Å². The monoisotopic (exact) mass is 340 g/mol. The first kappa shape index (κ1) is 17.1. The molecule has 1 saturated heterocycles. The first-order valence-corrected chi connectivity index (χ1v) is 8.07. The number of hydrogen-bond donors (Lipinski definition) is 0. The Hall–Kier alpha value is -1.28. The lowest BCUT2D eigenvalue weighted by Crippen LogP contribution is -2.38. The van der Waals surface area contributed by atoms with E-state index in [1.807, 2.05) is 13.0 Å². The molecule has 0 aliphatic carbocycles. The van der Waals surface area contributed by atoms with Gasteiger partial charge in [0.05, 0.1) is 28.6 Å². The van der Waals surface area contributed by atoms with Crippen LogP contribution in [0.1, 0.15) is 31.4 Å². The highest BCUT2D eigenvalue weighted by Gasteiger charge is 2.30. The molecule has 1 fully saturated rings. The van der Waals surface area contributed by atoms with Crippen molar-refractivity contribution in [3.8, 4) is 6.07 Å². The zero-order valence-corrected chi connectivity index (χ0v) is 13.9. The van der Waals surface area contributed by atoms with Gasteiger partial charge in [0, 0.05) is 13.1 Å². The van der Waals surface area contributed by atoms with Crippen molar-refractivity contribution in [2.45, 2.75) is 25.8 Å². The predicted octanol–water partition coefficient (Wildman–Crippen LogP) is 3.83. The van der Waals surface area contributed by atoms with Crippen molar-refractivity contribution in [3.05, 3.63) is 33.8 Å². The summed E-state index contributed by atoms with van der Waals surface area (Å²) in [6, 6.07) is 7.19. The largest absolute Gasteiger partial charge is 0.466 e. The first-order chi connectivity index (χ1) is 10.6. The lowest BCUT2D eigenvalue weighted by atomic mass is 9.94. The molecule has 118 valence electrons. The Morgan fingerprint density at radius 1 is 1.41 bits per heavy atom. The molecule has 0 unspecified atom stereocenters. The topological polar surface area (TPSA) is 53.3 Å². The quantitative estimate of drug-likeness (QED) is 0.781. The molecule has 1 aliphatic rings. The summed E-state index contributed by atoms with van der Waals surface area (Å²) in [6.45, 7) is 3.58. The number of benzene rings is 1. The zero-order chi connectivity index (χ0) is 16.1. The highest BCUT2D eigenvalue weighted by molar-refractivity contribution is 6.42. The van der Waals surface area contributed by atoms with E-state index >= 15 is 0 Å². The van der Waals surface area contributed by atoms with Crippen molar-refractivity contribution in [3.63, 3.8) is 0 Å². The lowest BCUT2D eigenvalue weighted by molar-refractivity contribution is -0.149. The van der Waals surface area contributed by atoms with Gasteiger partial charge in [-0.15, -0.1) is 0 Å². The average molecular weight is 341 g/mol. The minimum Gasteiger partial charge on any atom is -0.466 e. The van der Waals surface area contributed by atoms with E-state index in [1.165, 1.54) is 0 Å².